The van der Waals surface area contributed by atoms with Gasteiger partial charge in [0.05, 0.1) is 4.92 Å². The number of benzene rings is 1. The fourth-order valence-corrected chi connectivity index (χ4v) is 1.80. The van der Waals surface area contributed by atoms with Gasteiger partial charge in [-0.1, -0.05) is 5.21 Å². The van der Waals surface area contributed by atoms with E-state index in [1.807, 2.05) is 0 Å². The molecule has 1 aromatic carbocycles. The Labute approximate surface area is 134 Å². The van der Waals surface area contributed by atoms with Crippen molar-refractivity contribution in [2.45, 2.75) is 0 Å². The maximum Gasteiger partial charge on any atom is 0.355 e. The first kappa shape index (κ1) is 15.1. The van der Waals surface area contributed by atoms with Crippen LogP contribution in [0.15, 0.2) is 42.5 Å². The standard InChI is InChI=1S/C14H10N6O4/c21-13(8-3-9-1-4-10(5-2-9)20(22)23)24-18-12-7-6-11-14(15-12)17-19-16-11/h1-8H,(H2,15,16,17,18,19). The number of rotatable bonds is 5. The molecule has 10 heteroatoms. The Morgan fingerprint density at radius 1 is 1.25 bits per heavy atom. The summed E-state index contributed by atoms with van der Waals surface area (Å²) in [6.45, 7) is 0. The molecule has 0 atom stereocenters. The van der Waals surface area contributed by atoms with Gasteiger partial charge in [-0.3, -0.25) is 15.2 Å². The zero-order valence-electron chi connectivity index (χ0n) is 12.0. The van der Waals surface area contributed by atoms with E-state index >= 15 is 0 Å². The molecule has 0 bridgehead atoms. The average Bonchev–Trinajstić information content (AvgIpc) is 3.06. The number of hydrogen-bond acceptors (Lipinski definition) is 8. The smallest absolute Gasteiger partial charge is 0.337 e. The molecule has 0 unspecified atom stereocenters. The fraction of sp³-hybridized carbons (Fsp3) is 0. The Morgan fingerprint density at radius 2 is 2.04 bits per heavy atom. The lowest BCUT2D eigenvalue weighted by Gasteiger charge is -2.03. The first-order valence-corrected chi connectivity index (χ1v) is 6.69. The summed E-state index contributed by atoms with van der Waals surface area (Å²) in [6.07, 6.45) is 2.66. The third-order valence-electron chi connectivity index (χ3n) is 2.96. The molecular weight excluding hydrogens is 316 g/mol. The number of nitro groups is 1. The summed E-state index contributed by atoms with van der Waals surface area (Å²) < 4.78 is 0. The van der Waals surface area contributed by atoms with Crippen LogP contribution >= 0.6 is 0 Å². The maximum atomic E-state index is 11.6. The monoisotopic (exact) mass is 326 g/mol. The number of nitrogens with one attached hydrogen (secondary N) is 2. The van der Waals surface area contributed by atoms with E-state index in [1.165, 1.54) is 36.4 Å². The number of anilines is 1. The quantitative estimate of drug-likeness (QED) is 0.412. The normalized spacial score (nSPS) is 10.8. The van der Waals surface area contributed by atoms with Crippen LogP contribution in [0.5, 0.6) is 0 Å². The molecule has 0 radical (unpaired) electrons. The highest BCUT2D eigenvalue weighted by Crippen LogP contribution is 2.13. The number of hydrogen-bond donors (Lipinski definition) is 2. The second kappa shape index (κ2) is 6.52. The first-order valence-electron chi connectivity index (χ1n) is 6.69. The Bertz CT molecular complexity index is 918. The molecule has 3 rings (SSSR count). The highest BCUT2D eigenvalue weighted by Gasteiger charge is 2.04. The maximum absolute atomic E-state index is 11.6. The van der Waals surface area contributed by atoms with Crippen molar-refractivity contribution >= 4 is 34.7 Å². The van der Waals surface area contributed by atoms with Crippen molar-refractivity contribution < 1.29 is 14.6 Å². The molecule has 2 heterocycles. The van der Waals surface area contributed by atoms with Gasteiger partial charge in [0.1, 0.15) is 5.52 Å². The molecular formula is C14H10N6O4. The Kier molecular flexibility index (Phi) is 4.10. The summed E-state index contributed by atoms with van der Waals surface area (Å²) in [5, 5.41) is 20.5. The van der Waals surface area contributed by atoms with Crippen molar-refractivity contribution in [2.24, 2.45) is 0 Å². The van der Waals surface area contributed by atoms with E-state index in [4.69, 9.17) is 4.84 Å². The molecule has 0 spiro atoms. The van der Waals surface area contributed by atoms with E-state index in [0.29, 0.717) is 22.5 Å². The number of carbonyl (C=O) groups is 1. The molecule has 0 saturated carbocycles. The molecule has 0 aliphatic carbocycles. The second-order valence-corrected chi connectivity index (χ2v) is 4.58. The Morgan fingerprint density at radius 3 is 2.79 bits per heavy atom. The molecule has 3 aromatic rings. The molecule has 0 amide bonds. The molecule has 2 N–H and O–H groups in total. The number of carbonyl (C=O) groups excluding carboxylic acids is 1. The van der Waals surface area contributed by atoms with Gasteiger partial charge in [-0.2, -0.15) is 5.48 Å². The summed E-state index contributed by atoms with van der Waals surface area (Å²) in [5.41, 5.74) is 4.05. The molecule has 0 saturated heterocycles. The van der Waals surface area contributed by atoms with Gasteiger partial charge in [-0.25, -0.2) is 9.78 Å². The summed E-state index contributed by atoms with van der Waals surface area (Å²) in [5.74, 6) is -0.358. The van der Waals surface area contributed by atoms with Crippen molar-refractivity contribution in [1.29, 1.82) is 0 Å². The molecule has 0 aliphatic heterocycles. The summed E-state index contributed by atoms with van der Waals surface area (Å²) in [4.78, 5) is 30.6. The van der Waals surface area contributed by atoms with Crippen LogP contribution in [0.4, 0.5) is 11.5 Å². The SMILES string of the molecule is O=C(C=Cc1ccc([N+](=O)[O-])cc1)ONc1ccc2[nH]nnc2n1. The lowest BCUT2D eigenvalue weighted by molar-refractivity contribution is -0.384. The van der Waals surface area contributed by atoms with E-state index in [2.05, 4.69) is 25.9 Å². The van der Waals surface area contributed by atoms with Gasteiger partial charge in [-0.15, -0.1) is 5.10 Å². The second-order valence-electron chi connectivity index (χ2n) is 4.58. The van der Waals surface area contributed by atoms with E-state index < -0.39 is 10.9 Å². The van der Waals surface area contributed by atoms with Gasteiger partial charge in [0.25, 0.3) is 5.69 Å². The summed E-state index contributed by atoms with van der Waals surface area (Å²) in [7, 11) is 0. The first-order chi connectivity index (χ1) is 11.6. The van der Waals surface area contributed by atoms with Crippen LogP contribution in [0.3, 0.4) is 0 Å². The minimum atomic E-state index is -0.657. The topological polar surface area (TPSA) is 136 Å². The average molecular weight is 326 g/mol. The third-order valence-corrected chi connectivity index (χ3v) is 2.96. The van der Waals surface area contributed by atoms with Crippen molar-refractivity contribution in [3.8, 4) is 0 Å². The minimum absolute atomic E-state index is 0.0225. The number of pyridine rings is 1. The molecule has 10 nitrogen and oxygen atoms in total. The van der Waals surface area contributed by atoms with Gasteiger partial charge >= 0.3 is 5.97 Å². The number of non-ortho nitro benzene ring substituents is 1. The van der Waals surface area contributed by atoms with Gasteiger partial charge in [-0.05, 0) is 35.9 Å². The van der Waals surface area contributed by atoms with Crippen molar-refractivity contribution in [2.75, 3.05) is 5.48 Å². The predicted molar refractivity (Wildman–Crippen MR) is 83.5 cm³/mol. The molecule has 0 aliphatic rings. The van der Waals surface area contributed by atoms with E-state index in [1.54, 1.807) is 12.1 Å². The van der Waals surface area contributed by atoms with Gasteiger partial charge in [0.15, 0.2) is 5.82 Å². The summed E-state index contributed by atoms with van der Waals surface area (Å²) in [6, 6.07) is 9.02. The van der Waals surface area contributed by atoms with Crippen LogP contribution in [-0.2, 0) is 9.63 Å². The van der Waals surface area contributed by atoms with E-state index in [9.17, 15) is 14.9 Å². The van der Waals surface area contributed by atoms with Crippen LogP contribution in [-0.4, -0.2) is 31.3 Å². The number of H-pyrrole nitrogens is 1. The lowest BCUT2D eigenvalue weighted by atomic mass is 10.2. The number of fused-ring (bicyclic) bond motifs is 1. The lowest BCUT2D eigenvalue weighted by Crippen LogP contribution is -2.08. The minimum Gasteiger partial charge on any atom is -0.337 e. The van der Waals surface area contributed by atoms with Gasteiger partial charge in [0, 0.05) is 18.2 Å². The summed E-state index contributed by atoms with van der Waals surface area (Å²) >= 11 is 0. The highest BCUT2D eigenvalue weighted by atomic mass is 16.7. The van der Waals surface area contributed by atoms with Crippen LogP contribution in [0.25, 0.3) is 17.2 Å². The van der Waals surface area contributed by atoms with Crippen LogP contribution in [0.1, 0.15) is 5.56 Å². The third kappa shape index (κ3) is 3.50. The largest absolute Gasteiger partial charge is 0.355 e. The zero-order valence-corrected chi connectivity index (χ0v) is 12.0. The molecule has 2 aromatic heterocycles. The molecule has 0 fully saturated rings. The van der Waals surface area contributed by atoms with Crippen LogP contribution in [0.2, 0.25) is 0 Å². The highest BCUT2D eigenvalue weighted by molar-refractivity contribution is 5.87. The van der Waals surface area contributed by atoms with Crippen molar-refractivity contribution in [3.63, 3.8) is 0 Å². The van der Waals surface area contributed by atoms with E-state index in [-0.39, 0.29) is 5.69 Å². The van der Waals surface area contributed by atoms with Crippen molar-refractivity contribution in [3.05, 3.63) is 58.2 Å². The van der Waals surface area contributed by atoms with Crippen LogP contribution in [0, 0.1) is 10.1 Å². The molecule has 120 valence electrons. The fourth-order valence-electron chi connectivity index (χ4n) is 1.80. The number of nitro benzene ring substituents is 1. The molecule has 24 heavy (non-hydrogen) atoms. The number of aromatic amines is 1. The Balaban J connectivity index is 1.57. The zero-order chi connectivity index (χ0) is 16.9. The predicted octanol–water partition coefficient (Wildman–Crippen LogP) is 1.84. The van der Waals surface area contributed by atoms with Crippen molar-refractivity contribution in [1.82, 2.24) is 20.4 Å². The number of aromatic nitrogens is 4. The number of nitrogens with zero attached hydrogens (tertiary/aromatic N) is 4. The van der Waals surface area contributed by atoms with Gasteiger partial charge < -0.3 is 4.84 Å². The Hall–Kier alpha value is -3.82. The van der Waals surface area contributed by atoms with Gasteiger partial charge in [0.2, 0.25) is 5.65 Å². The van der Waals surface area contributed by atoms with E-state index in [0.717, 1.165) is 0 Å². The van der Waals surface area contributed by atoms with Crippen LogP contribution < -0.4 is 5.48 Å².